The number of anilines is 1. The van der Waals surface area contributed by atoms with E-state index in [0.717, 1.165) is 41.9 Å². The second-order valence-electron chi connectivity index (χ2n) is 4.20. The van der Waals surface area contributed by atoms with Crippen molar-refractivity contribution < 1.29 is 0 Å². The summed E-state index contributed by atoms with van der Waals surface area (Å²) in [5, 5.41) is 11.1. The van der Waals surface area contributed by atoms with Gasteiger partial charge < -0.3 is 5.32 Å². The molecule has 0 aliphatic heterocycles. The van der Waals surface area contributed by atoms with E-state index in [4.69, 9.17) is 0 Å². The molecule has 3 rings (SSSR count). The Morgan fingerprint density at radius 2 is 2.00 bits per heavy atom. The fourth-order valence-corrected chi connectivity index (χ4v) is 1.96. The molecule has 2 N–H and O–H groups in total. The fourth-order valence-electron chi connectivity index (χ4n) is 1.96. The molecule has 2 heterocycles. The van der Waals surface area contributed by atoms with Crippen LogP contribution in [0.1, 0.15) is 12.2 Å². The number of fused-ring (bicyclic) bond motifs is 1. The van der Waals surface area contributed by atoms with Crippen molar-refractivity contribution in [3.05, 3.63) is 42.7 Å². The molecule has 0 unspecified atom stereocenters. The van der Waals surface area contributed by atoms with Crippen molar-refractivity contribution in [1.82, 2.24) is 25.1 Å². The summed E-state index contributed by atoms with van der Waals surface area (Å²) in [6, 6.07) is 7.97. The molecule has 0 bridgehead atoms. The van der Waals surface area contributed by atoms with Gasteiger partial charge in [-0.3, -0.25) is 5.10 Å². The first-order chi connectivity index (χ1) is 9.43. The number of aromatic nitrogens is 5. The average Bonchev–Trinajstić information content (AvgIpc) is 2.97. The van der Waals surface area contributed by atoms with Crippen LogP contribution in [0.2, 0.25) is 0 Å². The molecule has 0 atom stereocenters. The molecule has 0 fully saturated rings. The Balaban J connectivity index is 1.62. The minimum Gasteiger partial charge on any atom is -0.369 e. The molecule has 3 aromatic rings. The fraction of sp³-hybridized carbons (Fsp3) is 0.231. The zero-order valence-corrected chi connectivity index (χ0v) is 10.4. The van der Waals surface area contributed by atoms with Crippen LogP contribution in [0, 0.1) is 0 Å². The van der Waals surface area contributed by atoms with Gasteiger partial charge in [0, 0.05) is 18.4 Å². The van der Waals surface area contributed by atoms with Gasteiger partial charge in [0.05, 0.1) is 5.52 Å². The largest absolute Gasteiger partial charge is 0.369 e. The summed E-state index contributed by atoms with van der Waals surface area (Å²) in [6.07, 6.45) is 4.95. The number of aromatic amines is 1. The molecule has 0 aliphatic carbocycles. The molecule has 0 saturated heterocycles. The first-order valence-corrected chi connectivity index (χ1v) is 6.21. The molecule has 0 radical (unpaired) electrons. The lowest BCUT2D eigenvalue weighted by molar-refractivity contribution is 0.804. The number of hydrogen-bond donors (Lipinski definition) is 2. The van der Waals surface area contributed by atoms with Crippen molar-refractivity contribution in [2.75, 3.05) is 11.9 Å². The number of hydrogen-bond acceptors (Lipinski definition) is 5. The van der Waals surface area contributed by atoms with Crippen LogP contribution in [0.4, 0.5) is 5.82 Å². The zero-order chi connectivity index (χ0) is 12.9. The summed E-state index contributed by atoms with van der Waals surface area (Å²) in [7, 11) is 0. The average molecular weight is 254 g/mol. The molecular weight excluding hydrogens is 240 g/mol. The predicted molar refractivity (Wildman–Crippen MR) is 72.7 cm³/mol. The van der Waals surface area contributed by atoms with Gasteiger partial charge in [-0.1, -0.05) is 12.1 Å². The smallest absolute Gasteiger partial charge is 0.137 e. The Hall–Kier alpha value is -2.50. The van der Waals surface area contributed by atoms with E-state index in [9.17, 15) is 0 Å². The summed E-state index contributed by atoms with van der Waals surface area (Å²) in [4.78, 5) is 12.6. The van der Waals surface area contributed by atoms with Gasteiger partial charge in [0.25, 0.3) is 0 Å². The zero-order valence-electron chi connectivity index (χ0n) is 10.4. The van der Waals surface area contributed by atoms with Crippen LogP contribution in [-0.4, -0.2) is 31.7 Å². The van der Waals surface area contributed by atoms with Gasteiger partial charge in [-0.2, -0.15) is 5.10 Å². The van der Waals surface area contributed by atoms with Crippen LogP contribution in [0.25, 0.3) is 10.9 Å². The van der Waals surface area contributed by atoms with Crippen molar-refractivity contribution >= 4 is 16.7 Å². The molecule has 2 aromatic heterocycles. The Labute approximate surface area is 110 Å². The van der Waals surface area contributed by atoms with Crippen LogP contribution in [0.5, 0.6) is 0 Å². The maximum absolute atomic E-state index is 4.28. The van der Waals surface area contributed by atoms with Gasteiger partial charge in [0.15, 0.2) is 0 Å². The van der Waals surface area contributed by atoms with Gasteiger partial charge in [0.2, 0.25) is 0 Å². The van der Waals surface area contributed by atoms with Crippen LogP contribution < -0.4 is 5.32 Å². The van der Waals surface area contributed by atoms with Gasteiger partial charge in [-0.05, 0) is 18.6 Å². The topological polar surface area (TPSA) is 79.4 Å². The highest BCUT2D eigenvalue weighted by molar-refractivity contribution is 5.88. The third kappa shape index (κ3) is 2.67. The number of rotatable bonds is 5. The standard InChI is InChI=1S/C13H14N6/c1-2-5-11-10(4-1)13(17-8-15-11)14-7-3-6-12-16-9-18-19-12/h1-2,4-5,8-9H,3,6-7H2,(H,14,15,17)(H,16,18,19). The number of nitrogens with one attached hydrogen (secondary N) is 2. The molecule has 96 valence electrons. The van der Waals surface area contributed by atoms with E-state index in [1.165, 1.54) is 6.33 Å². The lowest BCUT2D eigenvalue weighted by Crippen LogP contribution is -2.06. The second-order valence-corrected chi connectivity index (χ2v) is 4.20. The molecular formula is C13H14N6. The molecule has 19 heavy (non-hydrogen) atoms. The molecule has 0 saturated carbocycles. The van der Waals surface area contributed by atoms with Crippen LogP contribution in [-0.2, 0) is 6.42 Å². The first kappa shape index (κ1) is 11.6. The molecule has 0 amide bonds. The third-order valence-electron chi connectivity index (χ3n) is 2.89. The number of nitrogens with zero attached hydrogens (tertiary/aromatic N) is 4. The third-order valence-corrected chi connectivity index (χ3v) is 2.89. The lowest BCUT2D eigenvalue weighted by Gasteiger charge is -2.07. The Morgan fingerprint density at radius 1 is 1.05 bits per heavy atom. The minimum absolute atomic E-state index is 0.835. The molecule has 1 aromatic carbocycles. The second kappa shape index (κ2) is 5.43. The summed E-state index contributed by atoms with van der Waals surface area (Å²) < 4.78 is 0. The lowest BCUT2D eigenvalue weighted by atomic mass is 10.2. The van der Waals surface area contributed by atoms with E-state index in [1.54, 1.807) is 6.33 Å². The molecule has 0 spiro atoms. The summed E-state index contributed by atoms with van der Waals surface area (Å²) in [5.74, 6) is 1.79. The van der Waals surface area contributed by atoms with Crippen LogP contribution in [0.3, 0.4) is 0 Å². The normalized spacial score (nSPS) is 10.7. The highest BCUT2D eigenvalue weighted by Crippen LogP contribution is 2.18. The van der Waals surface area contributed by atoms with Crippen molar-refractivity contribution in [3.8, 4) is 0 Å². The van der Waals surface area contributed by atoms with Crippen LogP contribution >= 0.6 is 0 Å². The molecule has 0 aliphatic rings. The van der Waals surface area contributed by atoms with Gasteiger partial charge in [-0.25, -0.2) is 15.0 Å². The highest BCUT2D eigenvalue weighted by Gasteiger charge is 2.02. The van der Waals surface area contributed by atoms with E-state index >= 15 is 0 Å². The summed E-state index contributed by atoms with van der Waals surface area (Å²) in [5.41, 5.74) is 0.954. The van der Waals surface area contributed by atoms with Gasteiger partial charge >= 0.3 is 0 Å². The van der Waals surface area contributed by atoms with Crippen molar-refractivity contribution in [3.63, 3.8) is 0 Å². The Kier molecular flexibility index (Phi) is 3.31. The van der Waals surface area contributed by atoms with Crippen molar-refractivity contribution in [1.29, 1.82) is 0 Å². The summed E-state index contributed by atoms with van der Waals surface area (Å²) >= 11 is 0. The summed E-state index contributed by atoms with van der Waals surface area (Å²) in [6.45, 7) is 0.835. The quantitative estimate of drug-likeness (QED) is 0.679. The SMILES string of the molecule is c1ccc2c(NCCCc3ncn[nH]3)ncnc2c1. The van der Waals surface area contributed by atoms with Crippen LogP contribution in [0.15, 0.2) is 36.9 Å². The number of benzene rings is 1. The van der Waals surface area contributed by atoms with Gasteiger partial charge in [0.1, 0.15) is 24.3 Å². The van der Waals surface area contributed by atoms with E-state index in [1.807, 2.05) is 24.3 Å². The maximum Gasteiger partial charge on any atom is 0.137 e. The Bertz CT molecular complexity index is 644. The van der Waals surface area contributed by atoms with Gasteiger partial charge in [-0.15, -0.1) is 0 Å². The van der Waals surface area contributed by atoms with E-state index in [0.29, 0.717) is 0 Å². The predicted octanol–water partition coefficient (Wildman–Crippen LogP) is 1.79. The van der Waals surface area contributed by atoms with E-state index in [2.05, 4.69) is 30.5 Å². The first-order valence-electron chi connectivity index (χ1n) is 6.21. The highest BCUT2D eigenvalue weighted by atomic mass is 15.2. The Morgan fingerprint density at radius 3 is 2.89 bits per heavy atom. The number of aryl methyl sites for hydroxylation is 1. The van der Waals surface area contributed by atoms with E-state index < -0.39 is 0 Å². The van der Waals surface area contributed by atoms with Crippen molar-refractivity contribution in [2.24, 2.45) is 0 Å². The maximum atomic E-state index is 4.28. The van der Waals surface area contributed by atoms with Crippen molar-refractivity contribution in [2.45, 2.75) is 12.8 Å². The minimum atomic E-state index is 0.835. The number of H-pyrrole nitrogens is 1. The molecule has 6 nitrogen and oxygen atoms in total. The monoisotopic (exact) mass is 254 g/mol. The van der Waals surface area contributed by atoms with E-state index in [-0.39, 0.29) is 0 Å². The number of para-hydroxylation sites is 1. The molecule has 6 heteroatoms.